The number of nitrogens with one attached hydrogen (secondary N) is 1. The molecule has 0 amide bonds. The Balaban J connectivity index is 2.34. The van der Waals surface area contributed by atoms with E-state index < -0.39 is 0 Å². The van der Waals surface area contributed by atoms with Gasteiger partial charge in [0.2, 0.25) is 0 Å². The summed E-state index contributed by atoms with van der Waals surface area (Å²) in [5, 5.41) is 8.26. The molecule has 1 aromatic carbocycles. The first-order valence-electron chi connectivity index (χ1n) is 4.49. The molecule has 0 radical (unpaired) electrons. The molecule has 2 N–H and O–H groups in total. The van der Waals surface area contributed by atoms with Crippen LogP contribution >= 0.6 is 0 Å². The molecular formula is C12H13NO. The Morgan fingerprint density at radius 2 is 2.00 bits per heavy atom. The van der Waals surface area contributed by atoms with Crippen molar-refractivity contribution in [1.82, 2.24) is 5.48 Å². The van der Waals surface area contributed by atoms with Crippen molar-refractivity contribution in [2.45, 2.75) is 6.42 Å². The van der Waals surface area contributed by atoms with Crippen molar-refractivity contribution in [2.24, 2.45) is 0 Å². The fourth-order valence-corrected chi connectivity index (χ4v) is 0.953. The molecule has 0 spiro atoms. The third kappa shape index (κ3) is 4.46. The van der Waals surface area contributed by atoms with Gasteiger partial charge in [-0.3, -0.25) is 0 Å². The van der Waals surface area contributed by atoms with E-state index >= 15 is 0 Å². The zero-order valence-corrected chi connectivity index (χ0v) is 7.90. The van der Waals surface area contributed by atoms with Gasteiger partial charge in [-0.25, -0.2) is 5.48 Å². The predicted molar refractivity (Wildman–Crippen MR) is 56.9 cm³/mol. The molecule has 1 aromatic rings. The van der Waals surface area contributed by atoms with Gasteiger partial charge in [-0.05, 0) is 12.1 Å². The van der Waals surface area contributed by atoms with Crippen molar-refractivity contribution >= 4 is 0 Å². The molecule has 14 heavy (non-hydrogen) atoms. The van der Waals surface area contributed by atoms with Crippen LogP contribution in [0.15, 0.2) is 42.5 Å². The molecule has 0 aliphatic carbocycles. The Labute approximate surface area is 84.2 Å². The second-order valence-electron chi connectivity index (χ2n) is 2.71. The van der Waals surface area contributed by atoms with E-state index in [0.717, 1.165) is 5.56 Å². The van der Waals surface area contributed by atoms with Gasteiger partial charge >= 0.3 is 0 Å². The number of rotatable bonds is 3. The van der Waals surface area contributed by atoms with Crippen LogP contribution in [-0.2, 0) is 0 Å². The molecule has 72 valence electrons. The zero-order valence-electron chi connectivity index (χ0n) is 7.90. The summed E-state index contributed by atoms with van der Waals surface area (Å²) in [5.41, 5.74) is 3.07. The summed E-state index contributed by atoms with van der Waals surface area (Å²) < 4.78 is 0. The number of hydrogen-bond donors (Lipinski definition) is 2. The molecule has 2 heteroatoms. The van der Waals surface area contributed by atoms with E-state index in [-0.39, 0.29) is 0 Å². The molecule has 0 saturated heterocycles. The largest absolute Gasteiger partial charge is 0.317 e. The molecule has 2 nitrogen and oxygen atoms in total. The lowest BCUT2D eigenvalue weighted by atomic mass is 10.2. The maximum absolute atomic E-state index is 8.26. The standard InChI is InChI=1S/C12H13NO/c14-13-11-7-2-1-4-8-12-9-5-3-6-10-12/h2-3,5-7,9-10,13-14H,1,11H2. The minimum Gasteiger partial charge on any atom is -0.317 e. The molecule has 0 atom stereocenters. The van der Waals surface area contributed by atoms with Crippen LogP contribution in [0, 0.1) is 11.8 Å². The molecule has 0 bridgehead atoms. The first kappa shape index (κ1) is 10.5. The van der Waals surface area contributed by atoms with E-state index in [1.165, 1.54) is 0 Å². The maximum atomic E-state index is 8.26. The average Bonchev–Trinajstić information content (AvgIpc) is 2.25. The van der Waals surface area contributed by atoms with Crippen LogP contribution in [-0.4, -0.2) is 11.8 Å². The van der Waals surface area contributed by atoms with Crippen molar-refractivity contribution in [3.63, 3.8) is 0 Å². The Hall–Kier alpha value is -1.56. The molecule has 0 aromatic heterocycles. The number of hydrogen-bond acceptors (Lipinski definition) is 2. The number of allylic oxidation sites excluding steroid dienone is 1. The van der Waals surface area contributed by atoms with Gasteiger partial charge in [-0.1, -0.05) is 42.2 Å². The normalized spacial score (nSPS) is 9.79. The van der Waals surface area contributed by atoms with Crippen LogP contribution in [0.25, 0.3) is 0 Å². The van der Waals surface area contributed by atoms with E-state index in [0.29, 0.717) is 13.0 Å². The lowest BCUT2D eigenvalue weighted by Crippen LogP contribution is -2.04. The summed E-state index contributed by atoms with van der Waals surface area (Å²) in [6.07, 6.45) is 4.45. The molecular weight excluding hydrogens is 174 g/mol. The summed E-state index contributed by atoms with van der Waals surface area (Å²) in [5.74, 6) is 6.05. The molecule has 0 unspecified atom stereocenters. The first-order valence-corrected chi connectivity index (χ1v) is 4.49. The quantitative estimate of drug-likeness (QED) is 0.431. The minimum atomic E-state index is 0.465. The van der Waals surface area contributed by atoms with Crippen LogP contribution in [0.1, 0.15) is 12.0 Å². The summed E-state index contributed by atoms with van der Waals surface area (Å²) in [4.78, 5) is 0. The lowest BCUT2D eigenvalue weighted by molar-refractivity contribution is 0.179. The van der Waals surface area contributed by atoms with Crippen LogP contribution < -0.4 is 5.48 Å². The third-order valence-electron chi connectivity index (χ3n) is 1.60. The van der Waals surface area contributed by atoms with Gasteiger partial charge < -0.3 is 5.21 Å². The fourth-order valence-electron chi connectivity index (χ4n) is 0.953. The summed E-state index contributed by atoms with van der Waals surface area (Å²) >= 11 is 0. The second-order valence-corrected chi connectivity index (χ2v) is 2.71. The smallest absolute Gasteiger partial charge is 0.0388 e. The lowest BCUT2D eigenvalue weighted by Gasteiger charge is -1.86. The maximum Gasteiger partial charge on any atom is 0.0388 e. The second kappa shape index (κ2) is 6.90. The van der Waals surface area contributed by atoms with Gasteiger partial charge in [-0.2, -0.15) is 0 Å². The first-order chi connectivity index (χ1) is 6.93. The highest BCUT2D eigenvalue weighted by Gasteiger charge is 1.79. The van der Waals surface area contributed by atoms with Crippen molar-refractivity contribution < 1.29 is 5.21 Å². The average molecular weight is 187 g/mol. The van der Waals surface area contributed by atoms with Crippen molar-refractivity contribution in [2.75, 3.05) is 6.54 Å². The molecule has 1 rings (SSSR count). The number of benzene rings is 1. The minimum absolute atomic E-state index is 0.465. The Morgan fingerprint density at radius 1 is 1.21 bits per heavy atom. The fraction of sp³-hybridized carbons (Fsp3) is 0.167. The van der Waals surface area contributed by atoms with Gasteiger partial charge in [0.15, 0.2) is 0 Å². The van der Waals surface area contributed by atoms with Gasteiger partial charge in [-0.15, -0.1) is 0 Å². The molecule has 0 aliphatic rings. The van der Waals surface area contributed by atoms with Crippen LogP contribution in [0.4, 0.5) is 0 Å². The SMILES string of the molecule is ONCC=CCC#Cc1ccccc1. The Kier molecular flexibility index (Phi) is 5.19. The van der Waals surface area contributed by atoms with Crippen molar-refractivity contribution in [3.8, 4) is 11.8 Å². The van der Waals surface area contributed by atoms with E-state index in [9.17, 15) is 0 Å². The van der Waals surface area contributed by atoms with Crippen molar-refractivity contribution in [3.05, 3.63) is 48.0 Å². The van der Waals surface area contributed by atoms with E-state index in [4.69, 9.17) is 5.21 Å². The monoisotopic (exact) mass is 187 g/mol. The van der Waals surface area contributed by atoms with E-state index in [1.807, 2.05) is 48.0 Å². The van der Waals surface area contributed by atoms with Crippen LogP contribution in [0.2, 0.25) is 0 Å². The highest BCUT2D eigenvalue weighted by atomic mass is 16.5. The number of hydroxylamine groups is 1. The highest BCUT2D eigenvalue weighted by molar-refractivity contribution is 5.33. The van der Waals surface area contributed by atoms with E-state index in [1.54, 1.807) is 0 Å². The van der Waals surface area contributed by atoms with Gasteiger partial charge in [0.05, 0.1) is 0 Å². The van der Waals surface area contributed by atoms with Crippen LogP contribution in [0.3, 0.4) is 0 Å². The van der Waals surface area contributed by atoms with Gasteiger partial charge in [0.25, 0.3) is 0 Å². The molecule has 0 saturated carbocycles. The van der Waals surface area contributed by atoms with Gasteiger partial charge in [0, 0.05) is 18.5 Å². The van der Waals surface area contributed by atoms with E-state index in [2.05, 4.69) is 11.8 Å². The van der Waals surface area contributed by atoms with Crippen LogP contribution in [0.5, 0.6) is 0 Å². The molecule has 0 fully saturated rings. The van der Waals surface area contributed by atoms with Gasteiger partial charge in [0.1, 0.15) is 0 Å². The predicted octanol–water partition coefficient (Wildman–Crippen LogP) is 1.96. The molecule has 0 aliphatic heterocycles. The molecule has 0 heterocycles. The zero-order chi connectivity index (χ0) is 10.1. The summed E-state index contributed by atoms with van der Waals surface area (Å²) in [6.45, 7) is 0.465. The van der Waals surface area contributed by atoms with Crippen molar-refractivity contribution in [1.29, 1.82) is 0 Å². The third-order valence-corrected chi connectivity index (χ3v) is 1.60. The summed E-state index contributed by atoms with van der Waals surface area (Å²) in [6, 6.07) is 9.86. The summed E-state index contributed by atoms with van der Waals surface area (Å²) in [7, 11) is 0. The Bertz CT molecular complexity index is 332. The highest BCUT2D eigenvalue weighted by Crippen LogP contribution is 1.94. The Morgan fingerprint density at radius 3 is 2.71 bits per heavy atom. The topological polar surface area (TPSA) is 32.3 Å².